The van der Waals surface area contributed by atoms with Gasteiger partial charge < -0.3 is 4.74 Å². The van der Waals surface area contributed by atoms with Crippen molar-refractivity contribution >= 4 is 27.5 Å². The Kier molecular flexibility index (Phi) is 18.3. The molecule has 0 bridgehead atoms. The van der Waals surface area contributed by atoms with E-state index in [-0.39, 0.29) is 6.42 Å². The summed E-state index contributed by atoms with van der Waals surface area (Å²) in [6.07, 6.45) is 6.77. The fraction of sp³-hybridized carbons (Fsp3) is 0.697. The Morgan fingerprint density at radius 3 is 1.62 bits per heavy atom. The van der Waals surface area contributed by atoms with E-state index in [9.17, 15) is 70.7 Å². The predicted molar refractivity (Wildman–Crippen MR) is 166 cm³/mol. The molecule has 300 valence electrons. The van der Waals surface area contributed by atoms with Crippen molar-refractivity contribution in [2.75, 3.05) is 6.61 Å². The number of unbranched alkanes of at least 4 members (excludes halogenated alkanes) is 11. The average molecular weight is 800 g/mol. The summed E-state index contributed by atoms with van der Waals surface area (Å²) >= 11 is 1.68. The van der Waals surface area contributed by atoms with Crippen LogP contribution in [-0.2, 0) is 9.53 Å². The highest BCUT2D eigenvalue weighted by Crippen LogP contribution is 2.62. The average Bonchev–Trinajstić information content (AvgIpc) is 3.54. The van der Waals surface area contributed by atoms with Crippen LogP contribution in [0, 0.1) is 0 Å². The Bertz CT molecular complexity index is 1330. The number of thiazole rings is 1. The monoisotopic (exact) mass is 799 g/mol. The van der Waals surface area contributed by atoms with Gasteiger partial charge in [-0.3, -0.25) is 4.79 Å². The van der Waals surface area contributed by atoms with Crippen LogP contribution < -0.4 is 0 Å². The summed E-state index contributed by atoms with van der Waals surface area (Å²) < 4.78 is 202. The molecule has 1 heterocycles. The largest absolute Gasteiger partial charge is 0.460 e. The fourth-order valence-electron chi connectivity index (χ4n) is 4.48. The highest BCUT2D eigenvalue weighted by Gasteiger charge is 2.93. The van der Waals surface area contributed by atoms with Crippen LogP contribution >= 0.6 is 11.3 Å². The summed E-state index contributed by atoms with van der Waals surface area (Å²) in [5.41, 5.74) is 2.97. The van der Waals surface area contributed by atoms with E-state index in [0.717, 1.165) is 37.6 Å². The minimum atomic E-state index is -8.36. The molecule has 0 aliphatic carbocycles. The number of nitrogens with zero attached hydrogens (tertiary/aromatic N) is 1. The van der Waals surface area contributed by atoms with Crippen LogP contribution in [0.2, 0.25) is 0 Å². The maximum Gasteiger partial charge on any atom is 0.460 e. The zero-order valence-electron chi connectivity index (χ0n) is 28.0. The normalized spacial score (nSPS) is 13.8. The maximum atomic E-state index is 13.7. The summed E-state index contributed by atoms with van der Waals surface area (Å²) in [7, 11) is 0. The zero-order valence-corrected chi connectivity index (χ0v) is 28.8. The number of carbonyl (C=O) groups excluding carboxylic acids is 1. The third-order valence-electron chi connectivity index (χ3n) is 7.69. The van der Waals surface area contributed by atoms with Crippen LogP contribution in [0.1, 0.15) is 96.8 Å². The fourth-order valence-corrected chi connectivity index (χ4v) is 5.16. The third-order valence-corrected chi connectivity index (χ3v) is 8.50. The van der Waals surface area contributed by atoms with E-state index in [0.29, 0.717) is 19.3 Å². The Morgan fingerprint density at radius 1 is 0.635 bits per heavy atom. The second kappa shape index (κ2) is 20.1. The quantitative estimate of drug-likeness (QED) is 0.0515. The summed E-state index contributed by atoms with van der Waals surface area (Å²) in [5.74, 6) is -48.9. The number of halogens is 15. The molecular formula is C33H40F15NO2S. The molecule has 0 spiro atoms. The number of para-hydroxylation sites is 1. The number of rotatable bonds is 22. The Morgan fingerprint density at radius 2 is 1.10 bits per heavy atom. The number of alkyl halides is 15. The van der Waals surface area contributed by atoms with Crippen LogP contribution in [0.15, 0.2) is 41.9 Å². The number of esters is 1. The van der Waals surface area contributed by atoms with Crippen molar-refractivity contribution in [3.8, 4) is 0 Å². The summed E-state index contributed by atoms with van der Waals surface area (Å²) in [6.45, 7) is -0.955. The van der Waals surface area contributed by atoms with Gasteiger partial charge in [0.1, 0.15) is 0 Å². The second-order valence-electron chi connectivity index (χ2n) is 11.9. The Balaban J connectivity index is 0.00000127. The number of aromatic nitrogens is 1. The topological polar surface area (TPSA) is 39.2 Å². The van der Waals surface area contributed by atoms with E-state index in [4.69, 9.17) is 0 Å². The van der Waals surface area contributed by atoms with Crippen molar-refractivity contribution in [1.82, 2.24) is 4.98 Å². The first-order chi connectivity index (χ1) is 23.9. The smallest absolute Gasteiger partial charge is 0.459 e. The maximum absolute atomic E-state index is 13.7. The summed E-state index contributed by atoms with van der Waals surface area (Å²) in [4.78, 5) is 15.6. The lowest BCUT2D eigenvalue weighted by molar-refractivity contribution is -0.453. The number of fused-ring (bicyclic) bond motifs is 1. The second-order valence-corrected chi connectivity index (χ2v) is 12.8. The first-order valence-corrected chi connectivity index (χ1v) is 17.2. The predicted octanol–water partition coefficient (Wildman–Crippen LogP) is 13.2. The van der Waals surface area contributed by atoms with Gasteiger partial charge in [0.15, 0.2) is 6.61 Å². The molecule has 0 atom stereocenters. The van der Waals surface area contributed by atoms with Gasteiger partial charge in [-0.05, 0) is 44.2 Å². The van der Waals surface area contributed by atoms with Gasteiger partial charge in [0, 0.05) is 6.42 Å². The minimum absolute atomic E-state index is 0.0539. The molecule has 0 fully saturated rings. The number of hydrogen-bond acceptors (Lipinski definition) is 4. The number of benzene rings is 1. The lowest BCUT2D eigenvalue weighted by Gasteiger charge is -2.41. The van der Waals surface area contributed by atoms with E-state index in [1.165, 1.54) is 30.4 Å². The van der Waals surface area contributed by atoms with Crippen molar-refractivity contribution in [3.63, 3.8) is 0 Å². The highest BCUT2D eigenvalue weighted by molar-refractivity contribution is 7.16. The summed E-state index contributed by atoms with van der Waals surface area (Å²) in [6, 6.07) is 8.13. The molecule has 0 amide bonds. The molecule has 0 unspecified atom stereocenters. The van der Waals surface area contributed by atoms with Gasteiger partial charge in [-0.1, -0.05) is 82.6 Å². The lowest BCUT2D eigenvalue weighted by atomic mass is 9.91. The third kappa shape index (κ3) is 12.1. The van der Waals surface area contributed by atoms with Gasteiger partial charge in [0.2, 0.25) is 0 Å². The van der Waals surface area contributed by atoms with Crippen LogP contribution in [0.5, 0.6) is 0 Å². The Labute approximate surface area is 295 Å². The van der Waals surface area contributed by atoms with Gasteiger partial charge in [0.05, 0.1) is 15.7 Å². The molecule has 0 aliphatic heterocycles. The van der Waals surface area contributed by atoms with Crippen molar-refractivity contribution in [2.24, 2.45) is 0 Å². The molecule has 19 heteroatoms. The number of carbonyl (C=O) groups is 1. The van der Waals surface area contributed by atoms with Gasteiger partial charge in [-0.15, -0.1) is 11.3 Å². The molecular weight excluding hydrogens is 759 g/mol. The highest BCUT2D eigenvalue weighted by atomic mass is 32.1. The van der Waals surface area contributed by atoms with Gasteiger partial charge in [0.25, 0.3) is 0 Å². The SMILES string of the molecule is CCCCCCCC/C=C\CCCCCCCC(=O)OCC(F)(F)C(F)(F)C(F)(F)C(F)(F)C(F)(F)C(F)(F)C(F)(F)F.c1ccc2scnc2c1. The standard InChI is InChI=1S/C26H35F15O2.C7H5NS/c1-2-3-4-5-6-7-8-9-10-11-12-13-14-15-16-17-19(42)43-18-20(27,28)21(29,30)22(31,32)23(33,34)24(35,36)25(37,38)26(39,40)41;1-2-4-7-6(3-1)8-5-9-7/h9-10H,2-8,11-18H2,1H3;1-5H/b10-9-;. The first-order valence-electron chi connectivity index (χ1n) is 16.3. The molecule has 2 rings (SSSR count). The van der Waals surface area contributed by atoms with E-state index in [1.807, 2.05) is 29.8 Å². The van der Waals surface area contributed by atoms with Crippen molar-refractivity contribution in [2.45, 2.75) is 139 Å². The number of allylic oxidation sites excluding steroid dienone is 2. The van der Waals surface area contributed by atoms with Crippen molar-refractivity contribution in [1.29, 1.82) is 0 Å². The molecule has 3 nitrogen and oxygen atoms in total. The molecule has 0 radical (unpaired) electrons. The van der Waals surface area contributed by atoms with Crippen molar-refractivity contribution < 1.29 is 75.4 Å². The van der Waals surface area contributed by atoms with Gasteiger partial charge in [-0.25, -0.2) is 4.98 Å². The van der Waals surface area contributed by atoms with Crippen LogP contribution in [-0.4, -0.2) is 59.3 Å². The molecule has 2 aromatic rings. The minimum Gasteiger partial charge on any atom is -0.459 e. The zero-order chi connectivity index (χ0) is 39.9. The molecule has 1 aromatic carbocycles. The van der Waals surface area contributed by atoms with Crippen molar-refractivity contribution in [3.05, 3.63) is 41.9 Å². The van der Waals surface area contributed by atoms with Crippen LogP contribution in [0.25, 0.3) is 10.2 Å². The van der Waals surface area contributed by atoms with E-state index >= 15 is 0 Å². The first kappa shape index (κ1) is 47.3. The molecule has 0 saturated heterocycles. The van der Waals surface area contributed by atoms with E-state index < -0.39 is 60.7 Å². The Hall–Kier alpha value is -2.73. The number of ether oxygens (including phenoxy) is 1. The molecule has 0 aliphatic rings. The van der Waals surface area contributed by atoms with Crippen LogP contribution in [0.3, 0.4) is 0 Å². The molecule has 1 aromatic heterocycles. The molecule has 0 saturated carbocycles. The van der Waals surface area contributed by atoms with Crippen LogP contribution in [0.4, 0.5) is 65.9 Å². The van der Waals surface area contributed by atoms with Gasteiger partial charge >= 0.3 is 47.7 Å². The van der Waals surface area contributed by atoms with E-state index in [1.54, 1.807) is 11.3 Å². The lowest BCUT2D eigenvalue weighted by Crippen LogP contribution is -2.73. The van der Waals surface area contributed by atoms with E-state index in [2.05, 4.69) is 28.8 Å². The molecule has 52 heavy (non-hydrogen) atoms. The molecule has 0 N–H and O–H groups in total. The van der Waals surface area contributed by atoms with Gasteiger partial charge in [-0.2, -0.15) is 65.9 Å². The number of hydrogen-bond donors (Lipinski definition) is 0. The summed E-state index contributed by atoms with van der Waals surface area (Å²) in [5, 5.41) is 0.